The van der Waals surface area contributed by atoms with E-state index in [1.807, 2.05) is 32.6 Å². The van der Waals surface area contributed by atoms with Gasteiger partial charge in [0.05, 0.1) is 16.8 Å². The van der Waals surface area contributed by atoms with E-state index in [4.69, 9.17) is 21.3 Å². The van der Waals surface area contributed by atoms with E-state index in [9.17, 15) is 4.79 Å². The highest BCUT2D eigenvalue weighted by molar-refractivity contribution is 6.45. The van der Waals surface area contributed by atoms with Crippen LogP contribution < -0.4 is 0 Å². The van der Waals surface area contributed by atoms with Gasteiger partial charge in [0.2, 0.25) is 0 Å². The molecule has 39 heavy (non-hydrogen) atoms. The summed E-state index contributed by atoms with van der Waals surface area (Å²) in [6, 6.07) is 7.08. The average molecular weight is 549 g/mol. The number of amidine groups is 1. The number of rotatable bonds is 3. The van der Waals surface area contributed by atoms with Crippen molar-refractivity contribution < 1.29 is 9.53 Å². The molecule has 5 rings (SSSR count). The van der Waals surface area contributed by atoms with Gasteiger partial charge >= 0.3 is 6.09 Å². The molecule has 2 aliphatic heterocycles. The molecule has 1 aromatic heterocycles. The Labute approximate surface area is 237 Å². The van der Waals surface area contributed by atoms with E-state index in [1.54, 1.807) is 0 Å². The van der Waals surface area contributed by atoms with Gasteiger partial charge in [0.1, 0.15) is 11.4 Å². The van der Waals surface area contributed by atoms with Crippen LogP contribution >= 0.6 is 11.6 Å². The lowest BCUT2D eigenvalue weighted by atomic mass is 9.87. The molecule has 0 radical (unpaired) electrons. The summed E-state index contributed by atoms with van der Waals surface area (Å²) in [5.74, 6) is 1.57. The second-order valence-electron chi connectivity index (χ2n) is 12.4. The third-order valence-corrected chi connectivity index (χ3v) is 8.19. The summed E-state index contributed by atoms with van der Waals surface area (Å²) in [4.78, 5) is 27.5. The molecule has 7 heteroatoms. The quantitative estimate of drug-likeness (QED) is 0.418. The average Bonchev–Trinajstić information content (AvgIpc) is 3.27. The monoisotopic (exact) mass is 548 g/mol. The van der Waals surface area contributed by atoms with E-state index >= 15 is 0 Å². The highest BCUT2D eigenvalue weighted by Gasteiger charge is 2.28. The number of piperidine rings is 1. The van der Waals surface area contributed by atoms with Crippen molar-refractivity contribution in [3.63, 3.8) is 0 Å². The van der Waals surface area contributed by atoms with Gasteiger partial charge in [-0.05, 0) is 100 Å². The molecule has 1 atom stereocenters. The molecule has 2 aromatic rings. The molecular weight excluding hydrogens is 508 g/mol. The summed E-state index contributed by atoms with van der Waals surface area (Å²) in [7, 11) is 0. The normalized spacial score (nSPS) is 23.7. The fourth-order valence-corrected chi connectivity index (χ4v) is 6.28. The third kappa shape index (κ3) is 6.16. The second kappa shape index (κ2) is 11.0. The summed E-state index contributed by atoms with van der Waals surface area (Å²) in [5.41, 5.74) is 6.54. The molecule has 208 valence electrons. The number of likely N-dealkylation sites (tertiary alicyclic amines) is 1. The summed E-state index contributed by atoms with van der Waals surface area (Å²) < 4.78 is 5.59. The topological polar surface area (TPSA) is 70.0 Å². The number of allylic oxidation sites excluding steroid dienone is 4. The van der Waals surface area contributed by atoms with E-state index in [1.165, 1.54) is 16.5 Å². The van der Waals surface area contributed by atoms with Gasteiger partial charge in [0.15, 0.2) is 0 Å². The Balaban J connectivity index is 1.43. The molecule has 0 saturated carbocycles. The zero-order valence-corrected chi connectivity index (χ0v) is 24.9. The smallest absolute Gasteiger partial charge is 0.410 e. The number of aromatic amines is 1. The second-order valence-corrected chi connectivity index (χ2v) is 12.8. The van der Waals surface area contributed by atoms with Crippen molar-refractivity contribution in [1.82, 2.24) is 9.88 Å². The first-order chi connectivity index (χ1) is 18.5. The molecule has 1 fully saturated rings. The number of hydrogen-bond acceptors (Lipinski definition) is 4. The van der Waals surface area contributed by atoms with Crippen LogP contribution in [0.5, 0.6) is 0 Å². The Bertz CT molecular complexity index is 1380. The van der Waals surface area contributed by atoms with Gasteiger partial charge in [-0.15, -0.1) is 0 Å². The summed E-state index contributed by atoms with van der Waals surface area (Å²) in [5, 5.41) is 1.97. The number of carbonyl (C=O) groups is 1. The van der Waals surface area contributed by atoms with Crippen LogP contribution in [0.4, 0.5) is 4.79 Å². The SMILES string of the molecule is CC1=NC2CC/C=C(c3[nH]c4ccc(C5CCN(C(=O)OC(C)(C)C)CC5)cc4c3C(C)C)\C=C(\Cl)C(=N1)C2. The van der Waals surface area contributed by atoms with Gasteiger partial charge in [0.25, 0.3) is 0 Å². The molecule has 1 aromatic carbocycles. The highest BCUT2D eigenvalue weighted by Crippen LogP contribution is 2.38. The van der Waals surface area contributed by atoms with Crippen LogP contribution in [0.15, 0.2) is 45.4 Å². The number of ether oxygens (including phenoxy) is 1. The van der Waals surface area contributed by atoms with Crippen LogP contribution in [0.3, 0.4) is 0 Å². The number of halogens is 1. The number of benzene rings is 1. The minimum absolute atomic E-state index is 0.208. The van der Waals surface area contributed by atoms with Gasteiger partial charge in [-0.25, -0.2) is 9.79 Å². The molecule has 3 aliphatic rings. The third-order valence-electron chi connectivity index (χ3n) is 7.86. The van der Waals surface area contributed by atoms with E-state index in [2.05, 4.69) is 54.2 Å². The number of nitrogens with zero attached hydrogens (tertiary/aromatic N) is 3. The molecular formula is C32H41ClN4O2. The molecule has 1 aliphatic carbocycles. The Hall–Kier alpha value is -2.86. The molecule has 1 unspecified atom stereocenters. The summed E-state index contributed by atoms with van der Waals surface area (Å²) >= 11 is 6.85. The largest absolute Gasteiger partial charge is 0.444 e. The first-order valence-corrected chi connectivity index (χ1v) is 14.7. The Kier molecular flexibility index (Phi) is 7.78. The Morgan fingerprint density at radius 3 is 2.62 bits per heavy atom. The summed E-state index contributed by atoms with van der Waals surface area (Å²) in [6.45, 7) is 13.7. The van der Waals surface area contributed by atoms with E-state index < -0.39 is 5.60 Å². The molecule has 3 heterocycles. The lowest BCUT2D eigenvalue weighted by Crippen LogP contribution is -2.41. The van der Waals surface area contributed by atoms with Crippen molar-refractivity contribution >= 4 is 45.7 Å². The van der Waals surface area contributed by atoms with Crippen molar-refractivity contribution in [2.75, 3.05) is 13.1 Å². The van der Waals surface area contributed by atoms with Crippen molar-refractivity contribution in [3.05, 3.63) is 52.2 Å². The minimum Gasteiger partial charge on any atom is -0.444 e. The number of aromatic nitrogens is 1. The van der Waals surface area contributed by atoms with Crippen LogP contribution in [0.2, 0.25) is 0 Å². The standard InChI is InChI=1S/C32H41ClN4O2/c1-19(2)29-25-16-22(21-12-14-37(15-13-21)31(38)39-32(4,5)6)10-11-27(25)36-30(29)23-8-7-9-24-18-28(26(33)17-23)35-20(3)34-24/h8,10-11,16-17,19,21,24,36H,7,9,12-15,18H2,1-6H3/b23-8+,26-17+. The molecule has 1 amide bonds. The first kappa shape index (κ1) is 27.7. The maximum Gasteiger partial charge on any atom is 0.410 e. The molecule has 1 saturated heterocycles. The zero-order valence-electron chi connectivity index (χ0n) is 24.1. The molecule has 0 spiro atoms. The number of H-pyrrole nitrogens is 1. The van der Waals surface area contributed by atoms with E-state index in [0.717, 1.165) is 73.5 Å². The van der Waals surface area contributed by atoms with E-state index in [0.29, 0.717) is 16.9 Å². The van der Waals surface area contributed by atoms with Crippen LogP contribution in [0.25, 0.3) is 16.5 Å². The van der Waals surface area contributed by atoms with Crippen LogP contribution in [0.1, 0.15) is 102 Å². The predicted octanol–water partition coefficient (Wildman–Crippen LogP) is 8.34. The van der Waals surface area contributed by atoms with Gasteiger partial charge in [-0.2, -0.15) is 0 Å². The maximum absolute atomic E-state index is 12.5. The Morgan fingerprint density at radius 2 is 1.92 bits per heavy atom. The highest BCUT2D eigenvalue weighted by atomic mass is 35.5. The fraction of sp³-hybridized carbons (Fsp3) is 0.531. The minimum atomic E-state index is -0.471. The van der Waals surface area contributed by atoms with Crippen LogP contribution in [-0.2, 0) is 4.74 Å². The van der Waals surface area contributed by atoms with Crippen LogP contribution in [0, 0.1) is 0 Å². The molecule has 2 bridgehead atoms. The first-order valence-electron chi connectivity index (χ1n) is 14.3. The van der Waals surface area contributed by atoms with Gasteiger partial charge < -0.3 is 14.6 Å². The number of aliphatic imine (C=N–C) groups is 2. The van der Waals surface area contributed by atoms with E-state index in [-0.39, 0.29) is 12.1 Å². The molecule has 1 N–H and O–H groups in total. The predicted molar refractivity (Wildman–Crippen MR) is 162 cm³/mol. The maximum atomic E-state index is 12.5. The number of carbonyl (C=O) groups excluding carboxylic acids is 1. The van der Waals surface area contributed by atoms with Crippen molar-refractivity contribution in [3.8, 4) is 0 Å². The number of nitrogens with one attached hydrogen (secondary N) is 1. The lowest BCUT2D eigenvalue weighted by molar-refractivity contribution is 0.0205. The van der Waals surface area contributed by atoms with Gasteiger partial charge in [-0.3, -0.25) is 4.99 Å². The van der Waals surface area contributed by atoms with Crippen molar-refractivity contribution in [2.24, 2.45) is 9.98 Å². The zero-order chi connectivity index (χ0) is 27.9. The number of hydrogen-bond donors (Lipinski definition) is 1. The van der Waals surface area contributed by atoms with Crippen LogP contribution in [-0.4, -0.2) is 52.3 Å². The fourth-order valence-electron chi connectivity index (χ4n) is 6.04. The Morgan fingerprint density at radius 1 is 1.18 bits per heavy atom. The number of amides is 1. The number of fused-ring (bicyclic) bond motifs is 3. The van der Waals surface area contributed by atoms with Gasteiger partial charge in [-0.1, -0.05) is 37.6 Å². The summed E-state index contributed by atoms with van der Waals surface area (Å²) in [6.07, 6.45) is 8.79. The van der Waals surface area contributed by atoms with Gasteiger partial charge in [0, 0.05) is 36.1 Å². The molecule has 6 nitrogen and oxygen atoms in total. The van der Waals surface area contributed by atoms with Crippen molar-refractivity contribution in [2.45, 2.75) is 97.1 Å². The van der Waals surface area contributed by atoms with Crippen molar-refractivity contribution in [1.29, 1.82) is 0 Å². The lowest BCUT2D eigenvalue weighted by Gasteiger charge is -2.33.